The maximum absolute atomic E-state index is 12.4. The highest BCUT2D eigenvalue weighted by atomic mass is 16.2. The molecule has 1 amide bonds. The van der Waals surface area contributed by atoms with Crippen molar-refractivity contribution in [2.45, 2.75) is 40.2 Å². The standard InChI is InChI=1S/C15H25N3O/c1-4-12(5-2)11-18(6-3)15(19)14-8-7-13(9-16)10-17-14/h7-8,10,12H,4-6,9,11,16H2,1-3H3. The number of rotatable bonds is 7. The van der Waals surface area contributed by atoms with E-state index in [0.717, 1.165) is 31.5 Å². The van der Waals surface area contributed by atoms with Gasteiger partial charge in [-0.1, -0.05) is 32.8 Å². The van der Waals surface area contributed by atoms with Crippen LogP contribution in [0.5, 0.6) is 0 Å². The average Bonchev–Trinajstić information content (AvgIpc) is 2.48. The number of nitrogens with two attached hydrogens (primary N) is 1. The first kappa shape index (κ1) is 15.6. The van der Waals surface area contributed by atoms with Crippen LogP contribution in [0.2, 0.25) is 0 Å². The van der Waals surface area contributed by atoms with Crippen LogP contribution >= 0.6 is 0 Å². The Morgan fingerprint density at radius 2 is 2.00 bits per heavy atom. The van der Waals surface area contributed by atoms with Crippen LogP contribution in [0, 0.1) is 5.92 Å². The first-order valence-corrected chi connectivity index (χ1v) is 7.10. The molecule has 0 saturated carbocycles. The van der Waals surface area contributed by atoms with Crippen LogP contribution in [0.15, 0.2) is 18.3 Å². The third-order valence-corrected chi connectivity index (χ3v) is 3.58. The van der Waals surface area contributed by atoms with Crippen molar-refractivity contribution in [1.29, 1.82) is 0 Å². The SMILES string of the molecule is CCC(CC)CN(CC)C(=O)c1ccc(CN)cn1. The van der Waals surface area contributed by atoms with E-state index >= 15 is 0 Å². The maximum atomic E-state index is 12.4. The van der Waals surface area contributed by atoms with Crippen LogP contribution < -0.4 is 5.73 Å². The van der Waals surface area contributed by atoms with E-state index in [2.05, 4.69) is 18.8 Å². The first-order chi connectivity index (χ1) is 9.15. The van der Waals surface area contributed by atoms with E-state index < -0.39 is 0 Å². The number of aromatic nitrogens is 1. The lowest BCUT2D eigenvalue weighted by molar-refractivity contribution is 0.0729. The minimum atomic E-state index is 0.0120. The van der Waals surface area contributed by atoms with Crippen molar-refractivity contribution in [3.05, 3.63) is 29.6 Å². The molecule has 0 atom stereocenters. The topological polar surface area (TPSA) is 59.2 Å². The molecule has 0 aliphatic carbocycles. The molecule has 106 valence electrons. The molecule has 0 aliphatic rings. The van der Waals surface area contributed by atoms with Crippen LogP contribution in [0.4, 0.5) is 0 Å². The van der Waals surface area contributed by atoms with Gasteiger partial charge in [-0.25, -0.2) is 0 Å². The van der Waals surface area contributed by atoms with Crippen LogP contribution in [0.25, 0.3) is 0 Å². The molecule has 0 unspecified atom stereocenters. The predicted octanol–water partition coefficient (Wildman–Crippen LogP) is 2.44. The van der Waals surface area contributed by atoms with Gasteiger partial charge in [0.2, 0.25) is 0 Å². The lowest BCUT2D eigenvalue weighted by Crippen LogP contribution is -2.35. The zero-order chi connectivity index (χ0) is 14.3. The van der Waals surface area contributed by atoms with E-state index in [1.54, 1.807) is 12.3 Å². The molecule has 0 aromatic carbocycles. The highest BCUT2D eigenvalue weighted by Gasteiger charge is 2.18. The second-order valence-electron chi connectivity index (χ2n) is 4.78. The zero-order valence-corrected chi connectivity index (χ0v) is 12.2. The van der Waals surface area contributed by atoms with Crippen molar-refractivity contribution in [1.82, 2.24) is 9.88 Å². The molecule has 0 bridgehead atoms. The Bertz CT molecular complexity index is 385. The molecular formula is C15H25N3O. The van der Waals surface area contributed by atoms with Crippen LogP contribution in [-0.4, -0.2) is 28.9 Å². The Balaban J connectivity index is 2.76. The number of nitrogens with zero attached hydrogens (tertiary/aromatic N) is 2. The molecule has 0 radical (unpaired) electrons. The number of carbonyl (C=O) groups is 1. The first-order valence-electron chi connectivity index (χ1n) is 7.10. The Hall–Kier alpha value is -1.42. The number of pyridine rings is 1. The van der Waals surface area contributed by atoms with E-state index in [4.69, 9.17) is 5.73 Å². The molecule has 0 spiro atoms. The number of amides is 1. The summed E-state index contributed by atoms with van der Waals surface area (Å²) in [5.74, 6) is 0.574. The summed E-state index contributed by atoms with van der Waals surface area (Å²) < 4.78 is 0. The fourth-order valence-corrected chi connectivity index (χ4v) is 2.05. The number of carbonyl (C=O) groups excluding carboxylic acids is 1. The summed E-state index contributed by atoms with van der Waals surface area (Å²) in [5, 5.41) is 0. The van der Waals surface area contributed by atoms with Crippen molar-refractivity contribution in [3.63, 3.8) is 0 Å². The van der Waals surface area contributed by atoms with Crippen LogP contribution in [0.3, 0.4) is 0 Å². The van der Waals surface area contributed by atoms with Gasteiger partial charge in [0.15, 0.2) is 0 Å². The quantitative estimate of drug-likeness (QED) is 0.822. The highest BCUT2D eigenvalue weighted by molar-refractivity contribution is 5.92. The molecular weight excluding hydrogens is 238 g/mol. The zero-order valence-electron chi connectivity index (χ0n) is 12.2. The largest absolute Gasteiger partial charge is 0.337 e. The fraction of sp³-hybridized carbons (Fsp3) is 0.600. The van der Waals surface area contributed by atoms with Crippen LogP contribution in [-0.2, 0) is 6.54 Å². The summed E-state index contributed by atoms with van der Waals surface area (Å²) in [6.07, 6.45) is 3.87. The third-order valence-electron chi connectivity index (χ3n) is 3.58. The van der Waals surface area contributed by atoms with Gasteiger partial charge >= 0.3 is 0 Å². The van der Waals surface area contributed by atoms with Gasteiger partial charge in [0.05, 0.1) is 0 Å². The van der Waals surface area contributed by atoms with Crippen LogP contribution in [0.1, 0.15) is 49.7 Å². The summed E-state index contributed by atoms with van der Waals surface area (Å²) >= 11 is 0. The number of hydrogen-bond acceptors (Lipinski definition) is 3. The number of hydrogen-bond donors (Lipinski definition) is 1. The van der Waals surface area contributed by atoms with E-state index in [-0.39, 0.29) is 5.91 Å². The van der Waals surface area contributed by atoms with Gasteiger partial charge in [-0.05, 0) is 24.5 Å². The van der Waals surface area contributed by atoms with Gasteiger partial charge in [-0.2, -0.15) is 0 Å². The second-order valence-corrected chi connectivity index (χ2v) is 4.78. The van der Waals surface area contributed by atoms with Gasteiger partial charge < -0.3 is 10.6 Å². The summed E-state index contributed by atoms with van der Waals surface area (Å²) in [6.45, 7) is 8.32. The fourth-order valence-electron chi connectivity index (χ4n) is 2.05. The third kappa shape index (κ3) is 4.31. The minimum Gasteiger partial charge on any atom is -0.337 e. The van der Waals surface area contributed by atoms with Gasteiger partial charge in [0.25, 0.3) is 5.91 Å². The summed E-state index contributed by atoms with van der Waals surface area (Å²) in [6, 6.07) is 3.63. The Morgan fingerprint density at radius 1 is 1.32 bits per heavy atom. The van der Waals surface area contributed by atoms with Gasteiger partial charge in [-0.15, -0.1) is 0 Å². The Labute approximate surface area is 116 Å². The molecule has 0 saturated heterocycles. The smallest absolute Gasteiger partial charge is 0.272 e. The maximum Gasteiger partial charge on any atom is 0.272 e. The molecule has 0 fully saturated rings. The predicted molar refractivity (Wildman–Crippen MR) is 77.8 cm³/mol. The normalized spacial score (nSPS) is 10.8. The Kier molecular flexibility index (Phi) is 6.50. The summed E-state index contributed by atoms with van der Waals surface area (Å²) in [5.41, 5.74) is 6.98. The summed E-state index contributed by atoms with van der Waals surface area (Å²) in [7, 11) is 0. The van der Waals surface area contributed by atoms with Gasteiger partial charge in [-0.3, -0.25) is 9.78 Å². The molecule has 1 heterocycles. The molecule has 1 rings (SSSR count). The van der Waals surface area contributed by atoms with Crippen molar-refractivity contribution >= 4 is 5.91 Å². The highest BCUT2D eigenvalue weighted by Crippen LogP contribution is 2.12. The molecule has 2 N–H and O–H groups in total. The monoisotopic (exact) mass is 263 g/mol. The van der Waals surface area contributed by atoms with Crippen molar-refractivity contribution < 1.29 is 4.79 Å². The van der Waals surface area contributed by atoms with E-state index in [9.17, 15) is 4.79 Å². The Morgan fingerprint density at radius 3 is 2.42 bits per heavy atom. The molecule has 1 aromatic heterocycles. The van der Waals surface area contributed by atoms with Gasteiger partial charge in [0.1, 0.15) is 5.69 Å². The molecule has 4 nitrogen and oxygen atoms in total. The molecule has 1 aromatic rings. The van der Waals surface area contributed by atoms with E-state index in [1.165, 1.54) is 0 Å². The van der Waals surface area contributed by atoms with Crippen molar-refractivity contribution in [2.24, 2.45) is 11.7 Å². The second kappa shape index (κ2) is 7.89. The van der Waals surface area contributed by atoms with Gasteiger partial charge in [0, 0.05) is 25.8 Å². The van der Waals surface area contributed by atoms with Crippen molar-refractivity contribution in [3.8, 4) is 0 Å². The molecule has 19 heavy (non-hydrogen) atoms. The van der Waals surface area contributed by atoms with Crippen molar-refractivity contribution in [2.75, 3.05) is 13.1 Å². The lowest BCUT2D eigenvalue weighted by atomic mass is 10.0. The molecule has 4 heteroatoms. The van der Waals surface area contributed by atoms with E-state index in [0.29, 0.717) is 18.2 Å². The minimum absolute atomic E-state index is 0.0120. The average molecular weight is 263 g/mol. The molecule has 0 aliphatic heterocycles. The van der Waals surface area contributed by atoms with E-state index in [1.807, 2.05) is 17.9 Å². The summed E-state index contributed by atoms with van der Waals surface area (Å²) in [4.78, 5) is 18.5. The lowest BCUT2D eigenvalue weighted by Gasteiger charge is -2.25.